The number of hydrogen-bond acceptors (Lipinski definition) is 3. The van der Waals surface area contributed by atoms with Crippen molar-refractivity contribution in [1.82, 2.24) is 5.32 Å². The van der Waals surface area contributed by atoms with Crippen molar-refractivity contribution in [2.45, 2.75) is 19.7 Å². The molecule has 0 bridgehead atoms. The maximum absolute atomic E-state index is 14.0. The molecule has 3 aromatic rings. The predicted molar refractivity (Wildman–Crippen MR) is 114 cm³/mol. The Balaban J connectivity index is 1.64. The third-order valence-electron chi connectivity index (χ3n) is 4.30. The van der Waals surface area contributed by atoms with Gasteiger partial charge in [-0.25, -0.2) is 9.18 Å². The van der Waals surface area contributed by atoms with Crippen LogP contribution in [0.3, 0.4) is 0 Å². The van der Waals surface area contributed by atoms with Gasteiger partial charge >= 0.3 is 5.97 Å². The number of benzene rings is 3. The molecule has 0 radical (unpaired) electrons. The molecule has 3 rings (SSSR count). The molecular weight excluding hydrogens is 461 g/mol. The Morgan fingerprint density at radius 1 is 1.10 bits per heavy atom. The quantitative estimate of drug-likeness (QED) is 0.429. The van der Waals surface area contributed by atoms with Crippen molar-refractivity contribution in [3.63, 3.8) is 0 Å². The summed E-state index contributed by atoms with van der Waals surface area (Å²) in [5, 5.41) is 12.6. The number of carbonyl (C=O) groups is 1. The molecular formula is C22H18BrClFNO3. The number of rotatable bonds is 8. The molecule has 0 fully saturated rings. The number of aromatic carboxylic acids is 1. The topological polar surface area (TPSA) is 58.6 Å². The van der Waals surface area contributed by atoms with Crippen LogP contribution in [0.25, 0.3) is 0 Å². The molecule has 0 atom stereocenters. The summed E-state index contributed by atoms with van der Waals surface area (Å²) in [6.45, 7) is 1.10. The fraction of sp³-hybridized carbons (Fsp3) is 0.136. The molecule has 0 spiro atoms. The number of hydrogen-bond donors (Lipinski definition) is 2. The Labute approximate surface area is 181 Å². The van der Waals surface area contributed by atoms with E-state index in [4.69, 9.17) is 21.4 Å². The normalized spacial score (nSPS) is 10.7. The standard InChI is InChI=1S/C22H18BrClFNO3/c23-17-8-9-21(29-13-18-19(24)2-1-3-20(18)25)16(10-17)12-26-11-14-4-6-15(7-5-14)22(27)28/h1-10,26H,11-13H2,(H,27,28). The van der Waals surface area contributed by atoms with Crippen molar-refractivity contribution in [3.05, 3.63) is 98.2 Å². The molecule has 29 heavy (non-hydrogen) atoms. The van der Waals surface area contributed by atoms with E-state index in [-0.39, 0.29) is 12.2 Å². The monoisotopic (exact) mass is 477 g/mol. The fourth-order valence-electron chi connectivity index (χ4n) is 2.75. The molecule has 0 unspecified atom stereocenters. The molecule has 3 aromatic carbocycles. The van der Waals surface area contributed by atoms with Gasteiger partial charge in [0.15, 0.2) is 0 Å². The summed E-state index contributed by atoms with van der Waals surface area (Å²) in [5.41, 5.74) is 2.43. The van der Waals surface area contributed by atoms with E-state index in [1.54, 1.807) is 36.4 Å². The smallest absolute Gasteiger partial charge is 0.335 e. The van der Waals surface area contributed by atoms with Crippen molar-refractivity contribution in [2.75, 3.05) is 0 Å². The lowest BCUT2D eigenvalue weighted by atomic mass is 10.1. The Kier molecular flexibility index (Phi) is 7.25. The predicted octanol–water partition coefficient (Wildman–Crippen LogP) is 5.81. The van der Waals surface area contributed by atoms with Crippen LogP contribution in [0.4, 0.5) is 4.39 Å². The molecule has 0 aliphatic heterocycles. The SMILES string of the molecule is O=C(O)c1ccc(CNCc2cc(Br)ccc2OCc2c(F)cccc2Cl)cc1. The third kappa shape index (κ3) is 5.79. The number of carboxylic acid groups (broad SMARTS) is 1. The average molecular weight is 479 g/mol. The summed E-state index contributed by atoms with van der Waals surface area (Å²) in [7, 11) is 0. The van der Waals surface area contributed by atoms with E-state index < -0.39 is 11.8 Å². The first-order chi connectivity index (χ1) is 13.9. The molecule has 0 aliphatic rings. The lowest BCUT2D eigenvalue weighted by molar-refractivity contribution is 0.0697. The van der Waals surface area contributed by atoms with Gasteiger partial charge in [-0.1, -0.05) is 45.7 Å². The van der Waals surface area contributed by atoms with Crippen LogP contribution in [0.5, 0.6) is 5.75 Å². The summed E-state index contributed by atoms with van der Waals surface area (Å²) < 4.78 is 20.7. The molecule has 0 saturated heterocycles. The van der Waals surface area contributed by atoms with E-state index in [0.717, 1.165) is 15.6 Å². The van der Waals surface area contributed by atoms with E-state index in [1.165, 1.54) is 6.07 Å². The van der Waals surface area contributed by atoms with Crippen LogP contribution in [-0.4, -0.2) is 11.1 Å². The highest BCUT2D eigenvalue weighted by molar-refractivity contribution is 9.10. The van der Waals surface area contributed by atoms with Gasteiger partial charge in [-0.3, -0.25) is 0 Å². The maximum Gasteiger partial charge on any atom is 0.335 e. The average Bonchev–Trinajstić information content (AvgIpc) is 2.69. The Bertz CT molecular complexity index is 991. The fourth-order valence-corrected chi connectivity index (χ4v) is 3.38. The lowest BCUT2D eigenvalue weighted by Gasteiger charge is -2.14. The summed E-state index contributed by atoms with van der Waals surface area (Å²) in [4.78, 5) is 10.9. The molecule has 0 heterocycles. The minimum Gasteiger partial charge on any atom is -0.488 e. The van der Waals surface area contributed by atoms with Crippen LogP contribution >= 0.6 is 27.5 Å². The Morgan fingerprint density at radius 3 is 2.55 bits per heavy atom. The van der Waals surface area contributed by atoms with Crippen molar-refractivity contribution in [3.8, 4) is 5.75 Å². The minimum atomic E-state index is -0.949. The summed E-state index contributed by atoms with van der Waals surface area (Å²) in [5.74, 6) is -0.726. The zero-order chi connectivity index (χ0) is 20.8. The van der Waals surface area contributed by atoms with Crippen molar-refractivity contribution < 1.29 is 19.0 Å². The van der Waals surface area contributed by atoms with Crippen LogP contribution in [-0.2, 0) is 19.7 Å². The molecule has 0 aromatic heterocycles. The molecule has 4 nitrogen and oxygen atoms in total. The molecule has 150 valence electrons. The first-order valence-electron chi connectivity index (χ1n) is 8.81. The zero-order valence-electron chi connectivity index (χ0n) is 15.3. The minimum absolute atomic E-state index is 0.0246. The first-order valence-corrected chi connectivity index (χ1v) is 9.98. The van der Waals surface area contributed by atoms with E-state index in [0.29, 0.717) is 29.4 Å². The third-order valence-corrected chi connectivity index (χ3v) is 5.15. The summed E-state index contributed by atoms with van der Waals surface area (Å²) in [6.07, 6.45) is 0. The molecule has 0 amide bonds. The van der Waals surface area contributed by atoms with Gasteiger partial charge in [0.1, 0.15) is 18.2 Å². The second-order valence-electron chi connectivity index (χ2n) is 6.35. The Hall–Kier alpha value is -2.41. The number of halogens is 3. The number of ether oxygens (including phenoxy) is 1. The highest BCUT2D eigenvalue weighted by Crippen LogP contribution is 2.26. The highest BCUT2D eigenvalue weighted by atomic mass is 79.9. The van der Waals surface area contributed by atoms with Gasteiger partial charge in [-0.2, -0.15) is 0 Å². The van der Waals surface area contributed by atoms with Crippen LogP contribution < -0.4 is 10.1 Å². The van der Waals surface area contributed by atoms with E-state index >= 15 is 0 Å². The van der Waals surface area contributed by atoms with Crippen molar-refractivity contribution >= 4 is 33.5 Å². The maximum atomic E-state index is 14.0. The van der Waals surface area contributed by atoms with Gasteiger partial charge in [0.2, 0.25) is 0 Å². The van der Waals surface area contributed by atoms with Crippen LogP contribution in [0.2, 0.25) is 5.02 Å². The van der Waals surface area contributed by atoms with E-state index in [1.807, 2.05) is 18.2 Å². The summed E-state index contributed by atoms with van der Waals surface area (Å²) in [6, 6.07) is 16.8. The number of carboxylic acids is 1. The van der Waals surface area contributed by atoms with E-state index in [2.05, 4.69) is 21.2 Å². The van der Waals surface area contributed by atoms with Crippen LogP contribution in [0.15, 0.2) is 65.1 Å². The Morgan fingerprint density at radius 2 is 1.86 bits per heavy atom. The first kappa shape index (κ1) is 21.3. The van der Waals surface area contributed by atoms with Crippen LogP contribution in [0.1, 0.15) is 27.0 Å². The summed E-state index contributed by atoms with van der Waals surface area (Å²) >= 11 is 9.52. The zero-order valence-corrected chi connectivity index (χ0v) is 17.6. The molecule has 7 heteroatoms. The van der Waals surface area contributed by atoms with Gasteiger partial charge in [0, 0.05) is 28.7 Å². The van der Waals surface area contributed by atoms with Crippen molar-refractivity contribution in [1.29, 1.82) is 0 Å². The van der Waals surface area contributed by atoms with Gasteiger partial charge < -0.3 is 15.2 Å². The van der Waals surface area contributed by atoms with Gasteiger partial charge in [0.05, 0.1) is 10.6 Å². The highest BCUT2D eigenvalue weighted by Gasteiger charge is 2.10. The van der Waals surface area contributed by atoms with E-state index in [9.17, 15) is 9.18 Å². The second-order valence-corrected chi connectivity index (χ2v) is 7.67. The molecule has 0 aliphatic carbocycles. The molecule has 0 saturated carbocycles. The number of nitrogens with one attached hydrogen (secondary N) is 1. The van der Waals surface area contributed by atoms with Gasteiger partial charge in [-0.05, 0) is 48.0 Å². The van der Waals surface area contributed by atoms with Gasteiger partial charge in [0.25, 0.3) is 0 Å². The molecule has 2 N–H and O–H groups in total. The lowest BCUT2D eigenvalue weighted by Crippen LogP contribution is -2.14. The van der Waals surface area contributed by atoms with Gasteiger partial charge in [-0.15, -0.1) is 0 Å². The second kappa shape index (κ2) is 9.87. The van der Waals surface area contributed by atoms with Crippen LogP contribution in [0, 0.1) is 5.82 Å². The largest absolute Gasteiger partial charge is 0.488 e. The van der Waals surface area contributed by atoms with Crippen molar-refractivity contribution in [2.24, 2.45) is 0 Å².